The lowest BCUT2D eigenvalue weighted by Crippen LogP contribution is -2.39. The Morgan fingerprint density at radius 1 is 0.889 bits per heavy atom. The lowest BCUT2D eigenvalue weighted by molar-refractivity contribution is -0.167. The molecule has 0 aromatic heterocycles. The molecule has 2 nitrogen and oxygen atoms in total. The van der Waals surface area contributed by atoms with Crippen LogP contribution in [0.3, 0.4) is 0 Å². The van der Waals surface area contributed by atoms with Crippen molar-refractivity contribution in [1.82, 2.24) is 0 Å². The Labute approximate surface area is 161 Å². The van der Waals surface area contributed by atoms with Gasteiger partial charge in [-0.25, -0.2) is 0 Å². The summed E-state index contributed by atoms with van der Waals surface area (Å²) in [6, 6.07) is 21.1. The van der Waals surface area contributed by atoms with Gasteiger partial charge < -0.3 is 4.74 Å². The van der Waals surface area contributed by atoms with Crippen molar-refractivity contribution in [3.63, 3.8) is 0 Å². The fourth-order valence-electron chi connectivity index (χ4n) is 4.21. The Morgan fingerprint density at radius 3 is 2.22 bits per heavy atom. The highest BCUT2D eigenvalue weighted by Crippen LogP contribution is 2.52. The van der Waals surface area contributed by atoms with Crippen molar-refractivity contribution in [3.05, 3.63) is 71.8 Å². The fraction of sp³-hybridized carbons (Fsp3) is 0.320. The number of hydrogen-bond donors (Lipinski definition) is 0. The largest absolute Gasteiger partial charge is 0.449 e. The lowest BCUT2D eigenvalue weighted by atomic mass is 9.71. The number of esters is 1. The number of hydrogen-bond acceptors (Lipinski definition) is 2. The molecule has 3 aromatic carbocycles. The minimum Gasteiger partial charge on any atom is -0.449 e. The Morgan fingerprint density at radius 2 is 1.52 bits per heavy atom. The molecule has 27 heavy (non-hydrogen) atoms. The van der Waals surface area contributed by atoms with Crippen LogP contribution >= 0.6 is 0 Å². The second kappa shape index (κ2) is 6.23. The molecule has 0 spiro atoms. The third-order valence-corrected chi connectivity index (χ3v) is 5.47. The van der Waals surface area contributed by atoms with Crippen LogP contribution in [-0.4, -0.2) is 5.97 Å². The normalized spacial score (nSPS) is 18.2. The molecule has 1 aliphatic rings. The molecule has 0 aliphatic heterocycles. The molecule has 0 N–H and O–H groups in total. The van der Waals surface area contributed by atoms with E-state index in [0.29, 0.717) is 0 Å². The van der Waals surface area contributed by atoms with E-state index in [2.05, 4.69) is 61.5 Å². The first-order valence-corrected chi connectivity index (χ1v) is 9.74. The monoisotopic (exact) mass is 358 g/mol. The van der Waals surface area contributed by atoms with Gasteiger partial charge in [-0.15, -0.1) is 0 Å². The first-order chi connectivity index (χ1) is 12.9. The molecule has 0 heterocycles. The molecule has 0 saturated heterocycles. The predicted molar refractivity (Wildman–Crippen MR) is 111 cm³/mol. The summed E-state index contributed by atoms with van der Waals surface area (Å²) in [6.07, 6.45) is 1.68. The van der Waals surface area contributed by atoms with E-state index in [1.165, 1.54) is 16.3 Å². The van der Waals surface area contributed by atoms with Gasteiger partial charge in [0, 0.05) is 11.1 Å². The van der Waals surface area contributed by atoms with Gasteiger partial charge in [-0.3, -0.25) is 4.79 Å². The summed E-state index contributed by atoms with van der Waals surface area (Å²) in [5, 5.41) is 2.39. The summed E-state index contributed by atoms with van der Waals surface area (Å²) in [6.45, 7) is 7.89. The van der Waals surface area contributed by atoms with Crippen LogP contribution in [0.25, 0.3) is 21.9 Å². The van der Waals surface area contributed by atoms with Crippen LogP contribution in [0, 0.1) is 5.41 Å². The van der Waals surface area contributed by atoms with Gasteiger partial charge >= 0.3 is 5.97 Å². The van der Waals surface area contributed by atoms with Gasteiger partial charge in [-0.2, -0.15) is 0 Å². The average Bonchev–Trinajstić information content (AvgIpc) is 2.65. The van der Waals surface area contributed by atoms with Gasteiger partial charge in [-0.1, -0.05) is 74.0 Å². The van der Waals surface area contributed by atoms with Crippen LogP contribution in [0.2, 0.25) is 0 Å². The van der Waals surface area contributed by atoms with Crippen molar-refractivity contribution in [3.8, 4) is 11.1 Å². The molecule has 138 valence electrons. The highest BCUT2D eigenvalue weighted by atomic mass is 16.6. The highest BCUT2D eigenvalue weighted by Gasteiger charge is 2.45. The summed E-state index contributed by atoms with van der Waals surface area (Å²) in [7, 11) is 0. The van der Waals surface area contributed by atoms with Gasteiger partial charge in [0.25, 0.3) is 0 Å². The van der Waals surface area contributed by atoms with Crippen molar-refractivity contribution in [1.29, 1.82) is 0 Å². The summed E-state index contributed by atoms with van der Waals surface area (Å²) < 4.78 is 6.42. The number of rotatable bonds is 3. The molecule has 0 bridgehead atoms. The standard InChI is InChI=1S/C25H26O2/c1-5-16-25(27-23(26)24(2,3)4)20-14-7-6-12-18(20)19-13-8-10-17-11-9-15-21(25)22(17)19/h6-15H,5,16H2,1-4H3. The van der Waals surface area contributed by atoms with Crippen LogP contribution in [0.1, 0.15) is 51.7 Å². The molecule has 1 unspecified atom stereocenters. The SMILES string of the molecule is CCCC1(OC(=O)C(C)(C)C)c2ccccc2-c2cccc3cccc1c23. The van der Waals surface area contributed by atoms with Crippen LogP contribution in [-0.2, 0) is 15.1 Å². The fourth-order valence-corrected chi connectivity index (χ4v) is 4.21. The average molecular weight is 358 g/mol. The van der Waals surface area contributed by atoms with Crippen molar-refractivity contribution in [2.24, 2.45) is 5.41 Å². The zero-order chi connectivity index (χ0) is 19.2. The van der Waals surface area contributed by atoms with Crippen LogP contribution in [0.15, 0.2) is 60.7 Å². The Hall–Kier alpha value is -2.61. The van der Waals surface area contributed by atoms with E-state index in [-0.39, 0.29) is 5.97 Å². The van der Waals surface area contributed by atoms with Gasteiger partial charge in [0.1, 0.15) is 0 Å². The van der Waals surface area contributed by atoms with E-state index in [0.717, 1.165) is 29.5 Å². The van der Waals surface area contributed by atoms with Gasteiger partial charge in [0.15, 0.2) is 5.60 Å². The number of carbonyl (C=O) groups excluding carboxylic acids is 1. The maximum absolute atomic E-state index is 13.0. The van der Waals surface area contributed by atoms with E-state index < -0.39 is 11.0 Å². The molecule has 3 aromatic rings. The Kier molecular flexibility index (Phi) is 4.10. The summed E-state index contributed by atoms with van der Waals surface area (Å²) in [5.41, 5.74) is 3.28. The summed E-state index contributed by atoms with van der Waals surface area (Å²) in [4.78, 5) is 13.0. The van der Waals surface area contributed by atoms with E-state index in [4.69, 9.17) is 4.74 Å². The maximum atomic E-state index is 13.0. The van der Waals surface area contributed by atoms with Crippen molar-refractivity contribution in [2.45, 2.75) is 46.1 Å². The van der Waals surface area contributed by atoms with E-state index in [1.807, 2.05) is 26.8 Å². The van der Waals surface area contributed by atoms with Crippen molar-refractivity contribution in [2.75, 3.05) is 0 Å². The smallest absolute Gasteiger partial charge is 0.312 e. The topological polar surface area (TPSA) is 26.3 Å². The van der Waals surface area contributed by atoms with Gasteiger partial charge in [-0.05, 0) is 49.1 Å². The first kappa shape index (κ1) is 17.8. The molecule has 0 fully saturated rings. The maximum Gasteiger partial charge on any atom is 0.312 e. The Bertz CT molecular complexity index is 1020. The van der Waals surface area contributed by atoms with E-state index in [9.17, 15) is 4.79 Å². The molecule has 4 rings (SSSR count). The predicted octanol–water partition coefficient (Wildman–Crippen LogP) is 6.45. The molecular formula is C25H26O2. The van der Waals surface area contributed by atoms with Crippen LogP contribution in [0.4, 0.5) is 0 Å². The van der Waals surface area contributed by atoms with Crippen molar-refractivity contribution >= 4 is 16.7 Å². The molecule has 1 aliphatic carbocycles. The quantitative estimate of drug-likeness (QED) is 0.503. The lowest BCUT2D eigenvalue weighted by Gasteiger charge is -2.41. The molecular weight excluding hydrogens is 332 g/mol. The second-order valence-corrected chi connectivity index (χ2v) is 8.47. The molecule has 0 radical (unpaired) electrons. The zero-order valence-electron chi connectivity index (χ0n) is 16.5. The third-order valence-electron chi connectivity index (χ3n) is 5.47. The molecule has 1 atom stereocenters. The molecule has 0 saturated carbocycles. The zero-order valence-corrected chi connectivity index (χ0v) is 16.5. The number of benzene rings is 3. The van der Waals surface area contributed by atoms with Gasteiger partial charge in [0.05, 0.1) is 5.41 Å². The van der Waals surface area contributed by atoms with Crippen LogP contribution in [0.5, 0.6) is 0 Å². The van der Waals surface area contributed by atoms with E-state index >= 15 is 0 Å². The first-order valence-electron chi connectivity index (χ1n) is 9.74. The Balaban J connectivity index is 2.09. The molecule has 0 amide bonds. The summed E-state index contributed by atoms with van der Waals surface area (Å²) >= 11 is 0. The number of ether oxygens (including phenoxy) is 1. The van der Waals surface area contributed by atoms with E-state index in [1.54, 1.807) is 0 Å². The number of carbonyl (C=O) groups is 1. The number of fused-ring (bicyclic) bond motifs is 2. The minimum absolute atomic E-state index is 0.165. The highest BCUT2D eigenvalue weighted by molar-refractivity contribution is 6.03. The van der Waals surface area contributed by atoms with Crippen LogP contribution < -0.4 is 0 Å². The third kappa shape index (κ3) is 2.66. The summed E-state index contributed by atoms with van der Waals surface area (Å²) in [5.74, 6) is -0.165. The second-order valence-electron chi connectivity index (χ2n) is 8.47. The van der Waals surface area contributed by atoms with Gasteiger partial charge in [0.2, 0.25) is 0 Å². The molecule has 2 heteroatoms. The van der Waals surface area contributed by atoms with Crippen molar-refractivity contribution < 1.29 is 9.53 Å². The minimum atomic E-state index is -0.746.